The molecule has 84 valence electrons. The largest absolute Gasteiger partial charge is 0.374 e. The summed E-state index contributed by atoms with van der Waals surface area (Å²) in [5, 5.41) is 3.16. The summed E-state index contributed by atoms with van der Waals surface area (Å²) in [6.45, 7) is 2.70. The Kier molecular flexibility index (Phi) is 2.88. The summed E-state index contributed by atoms with van der Waals surface area (Å²) >= 11 is 0. The maximum atomic E-state index is 11.5. The third kappa shape index (κ3) is 2.10. The Morgan fingerprint density at radius 2 is 2.33 bits per heavy atom. The van der Waals surface area contributed by atoms with E-state index in [0.717, 1.165) is 6.54 Å². The van der Waals surface area contributed by atoms with E-state index in [1.54, 1.807) is 7.05 Å². The van der Waals surface area contributed by atoms with Gasteiger partial charge in [0, 0.05) is 20.1 Å². The van der Waals surface area contributed by atoms with Crippen LogP contribution in [0.15, 0.2) is 0 Å². The first-order valence-corrected chi connectivity index (χ1v) is 5.06. The van der Waals surface area contributed by atoms with Gasteiger partial charge in [-0.3, -0.25) is 9.69 Å². The van der Waals surface area contributed by atoms with E-state index < -0.39 is 0 Å². The van der Waals surface area contributed by atoms with E-state index in [-0.39, 0.29) is 24.6 Å². The van der Waals surface area contributed by atoms with Gasteiger partial charge in [-0.15, -0.1) is 0 Å². The van der Waals surface area contributed by atoms with Crippen LogP contribution in [0.25, 0.3) is 0 Å². The monoisotopic (exact) mass is 213 g/mol. The van der Waals surface area contributed by atoms with Crippen molar-refractivity contribution in [3.8, 4) is 0 Å². The van der Waals surface area contributed by atoms with Gasteiger partial charge in [-0.05, 0) is 0 Å². The molecule has 2 aliphatic rings. The van der Waals surface area contributed by atoms with Crippen LogP contribution in [0.3, 0.4) is 0 Å². The van der Waals surface area contributed by atoms with Gasteiger partial charge in [-0.2, -0.15) is 0 Å². The van der Waals surface area contributed by atoms with E-state index >= 15 is 0 Å². The maximum Gasteiger partial charge on any atom is 0.327 e. The van der Waals surface area contributed by atoms with Crippen molar-refractivity contribution >= 4 is 11.9 Å². The van der Waals surface area contributed by atoms with Crippen LogP contribution in [-0.4, -0.2) is 67.7 Å². The molecular weight excluding hydrogens is 198 g/mol. The highest BCUT2D eigenvalue weighted by atomic mass is 16.5. The normalized spacial score (nSPS) is 27.7. The fourth-order valence-electron chi connectivity index (χ4n) is 1.79. The number of likely N-dealkylation sites (N-methyl/N-ethyl adjacent to an activating group) is 1. The Hall–Kier alpha value is -1.14. The zero-order valence-electron chi connectivity index (χ0n) is 8.73. The molecule has 0 aromatic carbocycles. The second kappa shape index (κ2) is 4.16. The third-order valence-corrected chi connectivity index (χ3v) is 2.62. The predicted molar refractivity (Wildman–Crippen MR) is 52.3 cm³/mol. The second-order valence-corrected chi connectivity index (χ2v) is 3.84. The Morgan fingerprint density at radius 3 is 2.87 bits per heavy atom. The standard InChI is InChI=1S/C9H15N3O3/c1-11-6-8(13)12(9(11)14)5-7-4-10-2-3-15-7/h7,10H,2-6H2,1H3. The van der Waals surface area contributed by atoms with Gasteiger partial charge in [0.15, 0.2) is 0 Å². The second-order valence-electron chi connectivity index (χ2n) is 3.84. The van der Waals surface area contributed by atoms with E-state index in [2.05, 4.69) is 5.32 Å². The summed E-state index contributed by atoms with van der Waals surface area (Å²) in [7, 11) is 1.63. The molecular formula is C9H15N3O3. The number of nitrogens with one attached hydrogen (secondary N) is 1. The SMILES string of the molecule is CN1CC(=O)N(CC2CNCCO2)C1=O. The average molecular weight is 213 g/mol. The minimum absolute atomic E-state index is 0.0712. The van der Waals surface area contributed by atoms with Crippen molar-refractivity contribution in [2.45, 2.75) is 6.10 Å². The van der Waals surface area contributed by atoms with E-state index in [4.69, 9.17) is 4.74 Å². The number of rotatable bonds is 2. The van der Waals surface area contributed by atoms with Crippen LogP contribution in [0.4, 0.5) is 4.79 Å². The molecule has 2 fully saturated rings. The molecule has 2 saturated heterocycles. The van der Waals surface area contributed by atoms with Crippen molar-refractivity contribution in [3.63, 3.8) is 0 Å². The Morgan fingerprint density at radius 1 is 1.53 bits per heavy atom. The zero-order chi connectivity index (χ0) is 10.8. The summed E-state index contributed by atoms with van der Waals surface area (Å²) < 4.78 is 5.44. The Bertz CT molecular complexity index is 276. The number of urea groups is 1. The number of nitrogens with zero attached hydrogens (tertiary/aromatic N) is 2. The van der Waals surface area contributed by atoms with Crippen molar-refractivity contribution in [3.05, 3.63) is 0 Å². The van der Waals surface area contributed by atoms with Gasteiger partial charge in [-0.1, -0.05) is 0 Å². The van der Waals surface area contributed by atoms with Crippen LogP contribution in [-0.2, 0) is 9.53 Å². The Balaban J connectivity index is 1.93. The first kappa shape index (κ1) is 10.4. The molecule has 6 nitrogen and oxygen atoms in total. The summed E-state index contributed by atoms with van der Waals surface area (Å²) in [5.41, 5.74) is 0. The smallest absolute Gasteiger partial charge is 0.327 e. The number of hydrogen-bond acceptors (Lipinski definition) is 4. The number of imide groups is 1. The summed E-state index contributed by atoms with van der Waals surface area (Å²) in [6.07, 6.45) is -0.0712. The molecule has 15 heavy (non-hydrogen) atoms. The molecule has 1 unspecified atom stereocenters. The van der Waals surface area contributed by atoms with Crippen LogP contribution >= 0.6 is 0 Å². The molecule has 0 spiro atoms. The lowest BCUT2D eigenvalue weighted by molar-refractivity contribution is -0.126. The van der Waals surface area contributed by atoms with Gasteiger partial charge in [-0.25, -0.2) is 4.79 Å². The molecule has 2 aliphatic heterocycles. The topological polar surface area (TPSA) is 61.9 Å². The highest BCUT2D eigenvalue weighted by molar-refractivity contribution is 6.01. The van der Waals surface area contributed by atoms with Crippen LogP contribution in [0.2, 0.25) is 0 Å². The van der Waals surface area contributed by atoms with Crippen molar-refractivity contribution in [2.75, 3.05) is 39.8 Å². The molecule has 0 bridgehead atoms. The van der Waals surface area contributed by atoms with Crippen molar-refractivity contribution in [1.29, 1.82) is 0 Å². The lowest BCUT2D eigenvalue weighted by atomic mass is 10.3. The van der Waals surface area contributed by atoms with Crippen LogP contribution in [0.1, 0.15) is 0 Å². The predicted octanol–water partition coefficient (Wildman–Crippen LogP) is -1.13. The minimum atomic E-state index is -0.228. The number of carbonyl (C=O) groups is 2. The van der Waals surface area contributed by atoms with Gasteiger partial charge in [0.25, 0.3) is 0 Å². The molecule has 2 rings (SSSR count). The number of ether oxygens (including phenoxy) is 1. The van der Waals surface area contributed by atoms with Crippen molar-refractivity contribution < 1.29 is 14.3 Å². The van der Waals surface area contributed by atoms with E-state index in [1.165, 1.54) is 9.80 Å². The molecule has 0 saturated carbocycles. The molecule has 2 heterocycles. The first-order chi connectivity index (χ1) is 7.18. The van der Waals surface area contributed by atoms with E-state index in [0.29, 0.717) is 19.7 Å². The molecule has 0 radical (unpaired) electrons. The zero-order valence-corrected chi connectivity index (χ0v) is 8.73. The molecule has 1 atom stereocenters. The van der Waals surface area contributed by atoms with Gasteiger partial charge < -0.3 is 15.0 Å². The average Bonchev–Trinajstić information content (AvgIpc) is 2.47. The van der Waals surface area contributed by atoms with Gasteiger partial charge in [0.2, 0.25) is 5.91 Å². The quantitative estimate of drug-likeness (QED) is 0.590. The van der Waals surface area contributed by atoms with E-state index in [1.807, 2.05) is 0 Å². The number of hydrogen-bond donors (Lipinski definition) is 1. The maximum absolute atomic E-state index is 11.5. The molecule has 6 heteroatoms. The Labute approximate surface area is 88.2 Å². The number of carbonyl (C=O) groups excluding carboxylic acids is 2. The first-order valence-electron chi connectivity index (χ1n) is 5.06. The lowest BCUT2D eigenvalue weighted by Gasteiger charge is -2.26. The molecule has 3 amide bonds. The fourth-order valence-corrected chi connectivity index (χ4v) is 1.79. The summed E-state index contributed by atoms with van der Waals surface area (Å²) in [4.78, 5) is 25.7. The lowest BCUT2D eigenvalue weighted by Crippen LogP contribution is -2.47. The van der Waals surface area contributed by atoms with Gasteiger partial charge >= 0.3 is 6.03 Å². The molecule has 1 N–H and O–H groups in total. The van der Waals surface area contributed by atoms with Crippen molar-refractivity contribution in [1.82, 2.24) is 15.1 Å². The summed E-state index contributed by atoms with van der Waals surface area (Å²) in [5.74, 6) is -0.142. The number of morpholine rings is 1. The minimum Gasteiger partial charge on any atom is -0.374 e. The highest BCUT2D eigenvalue weighted by Crippen LogP contribution is 2.10. The molecule has 0 aromatic heterocycles. The number of amides is 3. The van der Waals surface area contributed by atoms with Crippen LogP contribution in [0, 0.1) is 0 Å². The highest BCUT2D eigenvalue weighted by Gasteiger charge is 2.35. The van der Waals surface area contributed by atoms with Crippen LogP contribution in [0.5, 0.6) is 0 Å². The third-order valence-electron chi connectivity index (χ3n) is 2.62. The summed E-state index contributed by atoms with van der Waals surface area (Å²) in [6, 6.07) is -0.228. The fraction of sp³-hybridized carbons (Fsp3) is 0.778. The van der Waals surface area contributed by atoms with Crippen LogP contribution < -0.4 is 5.32 Å². The van der Waals surface area contributed by atoms with Gasteiger partial charge in [0.05, 0.1) is 19.3 Å². The van der Waals surface area contributed by atoms with Gasteiger partial charge in [0.1, 0.15) is 6.54 Å². The molecule has 0 aliphatic carbocycles. The van der Waals surface area contributed by atoms with Crippen molar-refractivity contribution in [2.24, 2.45) is 0 Å². The molecule has 0 aromatic rings. The van der Waals surface area contributed by atoms with E-state index in [9.17, 15) is 9.59 Å².